The molecule has 2 bridgehead atoms. The number of nitrogens with one attached hydrogen (secondary N) is 1. The molecule has 1 fully saturated rings. The van der Waals surface area contributed by atoms with Crippen molar-refractivity contribution in [1.82, 2.24) is 10.2 Å². The van der Waals surface area contributed by atoms with Gasteiger partial charge in [0.25, 0.3) is 0 Å². The Morgan fingerprint density at radius 3 is 2.68 bits per heavy atom. The molecule has 3 atom stereocenters. The maximum absolute atomic E-state index is 11.8. The predicted octanol–water partition coefficient (Wildman–Crippen LogP) is 1.70. The van der Waals surface area contributed by atoms with Crippen LogP contribution in [-0.2, 0) is 4.79 Å². The molecule has 5 heteroatoms. The third-order valence-corrected chi connectivity index (χ3v) is 4.24. The minimum absolute atomic E-state index is 0.0131. The van der Waals surface area contributed by atoms with Crippen molar-refractivity contribution < 1.29 is 14.7 Å². The zero-order valence-electron chi connectivity index (χ0n) is 11.3. The summed E-state index contributed by atoms with van der Waals surface area (Å²) in [6, 6.07) is -0.174. The van der Waals surface area contributed by atoms with Crippen LogP contribution in [0, 0.1) is 17.8 Å². The normalized spacial score (nSPS) is 28.2. The highest BCUT2D eigenvalue weighted by molar-refractivity contribution is 5.75. The number of urea groups is 1. The number of nitrogens with zero attached hydrogens (tertiary/aromatic N) is 1. The Morgan fingerprint density at radius 2 is 2.16 bits per heavy atom. The molecular formula is C14H22N2O3. The van der Waals surface area contributed by atoms with Gasteiger partial charge in [0.1, 0.15) is 0 Å². The van der Waals surface area contributed by atoms with Crippen molar-refractivity contribution in [1.29, 1.82) is 0 Å². The van der Waals surface area contributed by atoms with Gasteiger partial charge in [0.2, 0.25) is 0 Å². The first-order valence-electron chi connectivity index (χ1n) is 6.95. The largest absolute Gasteiger partial charge is 0.481 e. The first-order chi connectivity index (χ1) is 9.06. The number of allylic oxidation sites excluding steroid dienone is 2. The van der Waals surface area contributed by atoms with E-state index < -0.39 is 5.97 Å². The fourth-order valence-electron chi connectivity index (χ4n) is 3.00. The summed E-state index contributed by atoms with van der Waals surface area (Å²) in [7, 11) is 1.63. The van der Waals surface area contributed by atoms with E-state index in [1.165, 1.54) is 24.2 Å². The molecule has 1 saturated carbocycles. The minimum atomic E-state index is -0.880. The fourth-order valence-corrected chi connectivity index (χ4v) is 3.00. The van der Waals surface area contributed by atoms with Gasteiger partial charge in [-0.1, -0.05) is 12.2 Å². The number of hydrogen-bond acceptors (Lipinski definition) is 2. The topological polar surface area (TPSA) is 69.6 Å². The molecule has 106 valence electrons. The second-order valence-electron chi connectivity index (χ2n) is 5.63. The number of carboxylic acid groups (broad SMARTS) is 1. The summed E-state index contributed by atoms with van der Waals surface area (Å²) < 4.78 is 0. The molecule has 0 aromatic heterocycles. The van der Waals surface area contributed by atoms with E-state index >= 15 is 0 Å². The maximum atomic E-state index is 11.8. The number of hydrogen-bond donors (Lipinski definition) is 2. The molecule has 3 aliphatic rings. The van der Waals surface area contributed by atoms with Gasteiger partial charge < -0.3 is 15.3 Å². The van der Waals surface area contributed by atoms with Crippen LogP contribution >= 0.6 is 0 Å². The molecule has 3 aliphatic carbocycles. The monoisotopic (exact) mass is 266 g/mol. The van der Waals surface area contributed by atoms with E-state index in [9.17, 15) is 9.59 Å². The highest BCUT2D eigenvalue weighted by atomic mass is 16.4. The Morgan fingerprint density at radius 1 is 1.37 bits per heavy atom. The van der Waals surface area contributed by atoms with Crippen LogP contribution in [0.4, 0.5) is 4.79 Å². The molecule has 0 saturated heterocycles. The van der Waals surface area contributed by atoms with E-state index in [-0.39, 0.29) is 19.0 Å². The molecule has 0 spiro atoms. The number of carbonyl (C=O) groups is 2. The third kappa shape index (κ3) is 3.72. The van der Waals surface area contributed by atoms with Crippen LogP contribution < -0.4 is 5.32 Å². The summed E-state index contributed by atoms with van der Waals surface area (Å²) in [5.41, 5.74) is 0. The van der Waals surface area contributed by atoms with E-state index in [0.717, 1.165) is 0 Å². The van der Waals surface area contributed by atoms with Crippen molar-refractivity contribution in [2.45, 2.75) is 25.7 Å². The maximum Gasteiger partial charge on any atom is 0.317 e. The molecule has 0 aromatic carbocycles. The molecule has 3 rings (SSSR count). The highest BCUT2D eigenvalue weighted by Gasteiger charge is 2.31. The van der Waals surface area contributed by atoms with Crippen LogP contribution in [0.2, 0.25) is 0 Å². The lowest BCUT2D eigenvalue weighted by molar-refractivity contribution is -0.137. The van der Waals surface area contributed by atoms with Gasteiger partial charge in [-0.3, -0.25) is 4.79 Å². The molecule has 0 aromatic rings. The summed E-state index contributed by atoms with van der Waals surface area (Å²) in [5, 5.41) is 11.5. The number of carboxylic acids is 1. The Bertz CT molecular complexity index is 381. The summed E-state index contributed by atoms with van der Waals surface area (Å²) in [6.45, 7) is 0.944. The summed E-state index contributed by atoms with van der Waals surface area (Å²) in [6.07, 6.45) is 8.27. The lowest BCUT2D eigenvalue weighted by Gasteiger charge is -2.38. The van der Waals surface area contributed by atoms with Crippen LogP contribution in [0.1, 0.15) is 25.7 Å². The average Bonchev–Trinajstić information content (AvgIpc) is 2.43. The summed E-state index contributed by atoms with van der Waals surface area (Å²) in [4.78, 5) is 23.7. The van der Waals surface area contributed by atoms with Crippen molar-refractivity contribution in [3.05, 3.63) is 12.2 Å². The first-order valence-corrected chi connectivity index (χ1v) is 6.95. The molecule has 2 amide bonds. The van der Waals surface area contributed by atoms with Gasteiger partial charge in [-0.2, -0.15) is 0 Å². The molecule has 3 unspecified atom stereocenters. The molecule has 19 heavy (non-hydrogen) atoms. The third-order valence-electron chi connectivity index (χ3n) is 4.24. The zero-order valence-corrected chi connectivity index (χ0v) is 11.3. The van der Waals surface area contributed by atoms with Crippen LogP contribution in [0.25, 0.3) is 0 Å². The molecule has 0 radical (unpaired) electrons. The predicted molar refractivity (Wildman–Crippen MR) is 71.7 cm³/mol. The number of amides is 2. The van der Waals surface area contributed by atoms with Crippen LogP contribution in [0.3, 0.4) is 0 Å². The van der Waals surface area contributed by atoms with E-state index in [0.29, 0.717) is 24.3 Å². The van der Waals surface area contributed by atoms with Crippen molar-refractivity contribution in [3.8, 4) is 0 Å². The molecular weight excluding hydrogens is 244 g/mol. The Kier molecular flexibility index (Phi) is 4.45. The second kappa shape index (κ2) is 6.08. The van der Waals surface area contributed by atoms with Gasteiger partial charge in [0.05, 0.1) is 6.42 Å². The molecule has 0 aliphatic heterocycles. The first kappa shape index (κ1) is 13.9. The average molecular weight is 266 g/mol. The number of rotatable bonds is 5. The Balaban J connectivity index is 1.72. The number of carbonyl (C=O) groups excluding carboxylic acids is 1. The quantitative estimate of drug-likeness (QED) is 0.744. The van der Waals surface area contributed by atoms with E-state index in [4.69, 9.17) is 5.11 Å². The minimum Gasteiger partial charge on any atom is -0.481 e. The fraction of sp³-hybridized carbons (Fsp3) is 0.714. The Labute approximate surface area is 113 Å². The zero-order chi connectivity index (χ0) is 13.8. The van der Waals surface area contributed by atoms with Crippen molar-refractivity contribution in [2.75, 3.05) is 20.1 Å². The van der Waals surface area contributed by atoms with Gasteiger partial charge in [-0.05, 0) is 37.0 Å². The molecule has 0 heterocycles. The lowest BCUT2D eigenvalue weighted by Crippen LogP contribution is -2.43. The smallest absolute Gasteiger partial charge is 0.317 e. The van der Waals surface area contributed by atoms with Crippen molar-refractivity contribution in [2.24, 2.45) is 17.8 Å². The van der Waals surface area contributed by atoms with Gasteiger partial charge >= 0.3 is 12.0 Å². The molecule has 5 nitrogen and oxygen atoms in total. The molecule has 2 N–H and O–H groups in total. The lowest BCUT2D eigenvalue weighted by atomic mass is 9.69. The van der Waals surface area contributed by atoms with Gasteiger partial charge in [0.15, 0.2) is 0 Å². The summed E-state index contributed by atoms with van der Waals surface area (Å²) >= 11 is 0. The van der Waals surface area contributed by atoms with E-state index in [1.54, 1.807) is 7.05 Å². The van der Waals surface area contributed by atoms with E-state index in [2.05, 4.69) is 17.5 Å². The van der Waals surface area contributed by atoms with Crippen molar-refractivity contribution >= 4 is 12.0 Å². The number of fused-ring (bicyclic) bond motifs is 2. The number of aliphatic carboxylic acids is 1. The second-order valence-corrected chi connectivity index (χ2v) is 5.63. The van der Waals surface area contributed by atoms with Crippen LogP contribution in [0.15, 0.2) is 12.2 Å². The van der Waals surface area contributed by atoms with Gasteiger partial charge in [-0.15, -0.1) is 0 Å². The van der Waals surface area contributed by atoms with Gasteiger partial charge in [-0.25, -0.2) is 4.79 Å². The standard InChI is InChI=1S/C14H22N2O3/c1-16(7-6-13(17)18)14(19)15-9-12-8-10-2-4-11(12)5-3-10/h2,4,10-12H,3,5-9H2,1H3,(H,15,19)(H,17,18). The van der Waals surface area contributed by atoms with Crippen molar-refractivity contribution in [3.63, 3.8) is 0 Å². The summed E-state index contributed by atoms with van der Waals surface area (Å²) in [5.74, 6) is 0.959. The van der Waals surface area contributed by atoms with E-state index in [1.807, 2.05) is 0 Å². The highest BCUT2D eigenvalue weighted by Crippen LogP contribution is 2.39. The Hall–Kier alpha value is -1.52. The van der Waals surface area contributed by atoms with Gasteiger partial charge in [0, 0.05) is 20.1 Å². The van der Waals surface area contributed by atoms with Crippen LogP contribution in [0.5, 0.6) is 0 Å². The SMILES string of the molecule is CN(CCC(=O)O)C(=O)NCC1CC2C=CC1CC2. The van der Waals surface area contributed by atoms with Crippen LogP contribution in [-0.4, -0.2) is 42.1 Å².